The van der Waals surface area contributed by atoms with Crippen LogP contribution in [0.4, 0.5) is 0 Å². The number of benzene rings is 2. The van der Waals surface area contributed by atoms with E-state index in [2.05, 4.69) is 5.32 Å². The van der Waals surface area contributed by atoms with E-state index >= 15 is 0 Å². The first kappa shape index (κ1) is 19.2. The number of aliphatic hydroxyl groups is 1. The zero-order chi connectivity index (χ0) is 18.1. The van der Waals surface area contributed by atoms with Gasteiger partial charge in [-0.3, -0.25) is 9.59 Å². The molecular formula is C20H23NO3S. The number of carbonyl (C=O) groups is 2. The SMILES string of the molecule is CSc1ccc(C(=O)CCC(=O)N[C@H](CO)Cc2ccccc2)cc1. The summed E-state index contributed by atoms with van der Waals surface area (Å²) in [5.74, 6) is -0.268. The van der Waals surface area contributed by atoms with Crippen LogP contribution in [-0.4, -0.2) is 35.7 Å². The summed E-state index contributed by atoms with van der Waals surface area (Å²) >= 11 is 1.62. The molecule has 0 unspecified atom stereocenters. The highest BCUT2D eigenvalue weighted by atomic mass is 32.2. The molecule has 5 heteroatoms. The summed E-state index contributed by atoms with van der Waals surface area (Å²) in [6.07, 6.45) is 2.82. The van der Waals surface area contributed by atoms with Gasteiger partial charge in [0.1, 0.15) is 0 Å². The molecule has 0 radical (unpaired) electrons. The molecule has 2 N–H and O–H groups in total. The lowest BCUT2D eigenvalue weighted by Gasteiger charge is -2.16. The lowest BCUT2D eigenvalue weighted by molar-refractivity contribution is -0.122. The van der Waals surface area contributed by atoms with Gasteiger partial charge in [-0.1, -0.05) is 42.5 Å². The van der Waals surface area contributed by atoms with Gasteiger partial charge in [-0.25, -0.2) is 0 Å². The Balaban J connectivity index is 1.81. The highest BCUT2D eigenvalue weighted by molar-refractivity contribution is 7.98. The molecule has 2 aromatic carbocycles. The highest BCUT2D eigenvalue weighted by Crippen LogP contribution is 2.16. The zero-order valence-corrected chi connectivity index (χ0v) is 15.1. The molecule has 1 atom stereocenters. The smallest absolute Gasteiger partial charge is 0.220 e. The normalized spacial score (nSPS) is 11.8. The van der Waals surface area contributed by atoms with E-state index in [0.717, 1.165) is 10.5 Å². The van der Waals surface area contributed by atoms with Gasteiger partial charge in [-0.05, 0) is 30.4 Å². The van der Waals surface area contributed by atoms with Crippen LogP contribution in [-0.2, 0) is 11.2 Å². The molecule has 0 saturated heterocycles. The van der Waals surface area contributed by atoms with Crippen LogP contribution in [0.3, 0.4) is 0 Å². The average molecular weight is 357 g/mol. The van der Waals surface area contributed by atoms with Crippen molar-refractivity contribution in [3.8, 4) is 0 Å². The Morgan fingerprint density at radius 1 is 1.04 bits per heavy atom. The number of amides is 1. The maximum absolute atomic E-state index is 12.2. The number of ketones is 1. The molecule has 132 valence electrons. The van der Waals surface area contributed by atoms with Crippen molar-refractivity contribution < 1.29 is 14.7 Å². The van der Waals surface area contributed by atoms with Crippen LogP contribution in [0.2, 0.25) is 0 Å². The van der Waals surface area contributed by atoms with E-state index < -0.39 is 0 Å². The van der Waals surface area contributed by atoms with E-state index in [1.165, 1.54) is 0 Å². The van der Waals surface area contributed by atoms with E-state index in [-0.39, 0.29) is 37.2 Å². The van der Waals surface area contributed by atoms with Gasteiger partial charge in [0.15, 0.2) is 5.78 Å². The van der Waals surface area contributed by atoms with Crippen molar-refractivity contribution in [3.63, 3.8) is 0 Å². The Morgan fingerprint density at radius 3 is 2.32 bits per heavy atom. The second-order valence-corrected chi connectivity index (χ2v) is 6.67. The van der Waals surface area contributed by atoms with Crippen molar-refractivity contribution in [2.75, 3.05) is 12.9 Å². The quantitative estimate of drug-likeness (QED) is 0.535. The van der Waals surface area contributed by atoms with Crippen molar-refractivity contribution in [2.45, 2.75) is 30.2 Å². The third kappa shape index (κ3) is 6.36. The molecule has 2 rings (SSSR count). The maximum Gasteiger partial charge on any atom is 0.220 e. The minimum atomic E-state index is -0.342. The highest BCUT2D eigenvalue weighted by Gasteiger charge is 2.14. The molecule has 0 spiro atoms. The summed E-state index contributed by atoms with van der Waals surface area (Å²) < 4.78 is 0. The van der Waals surface area contributed by atoms with E-state index in [0.29, 0.717) is 12.0 Å². The van der Waals surface area contributed by atoms with Gasteiger partial charge in [-0.2, -0.15) is 0 Å². The number of rotatable bonds is 9. The lowest BCUT2D eigenvalue weighted by atomic mass is 10.0. The third-order valence-corrected chi connectivity index (χ3v) is 4.65. The fourth-order valence-corrected chi connectivity index (χ4v) is 2.92. The third-order valence-electron chi connectivity index (χ3n) is 3.90. The maximum atomic E-state index is 12.2. The minimum Gasteiger partial charge on any atom is -0.394 e. The van der Waals surface area contributed by atoms with Gasteiger partial charge in [0.05, 0.1) is 12.6 Å². The molecule has 0 heterocycles. The molecule has 4 nitrogen and oxygen atoms in total. The Morgan fingerprint density at radius 2 is 1.72 bits per heavy atom. The number of nitrogens with one attached hydrogen (secondary N) is 1. The topological polar surface area (TPSA) is 66.4 Å². The van der Waals surface area contributed by atoms with Crippen LogP contribution >= 0.6 is 11.8 Å². The van der Waals surface area contributed by atoms with Crippen LogP contribution in [0, 0.1) is 0 Å². The Kier molecular flexibility index (Phi) is 7.70. The minimum absolute atomic E-state index is 0.0496. The molecule has 0 fully saturated rings. The van der Waals surface area contributed by atoms with E-state index in [9.17, 15) is 14.7 Å². The Hall–Kier alpha value is -2.11. The molecule has 0 bridgehead atoms. The fraction of sp³-hybridized carbons (Fsp3) is 0.300. The summed E-state index contributed by atoms with van der Waals surface area (Å²) in [5.41, 5.74) is 1.67. The van der Waals surface area contributed by atoms with Crippen molar-refractivity contribution in [1.82, 2.24) is 5.32 Å². The predicted octanol–water partition coefficient (Wildman–Crippen LogP) is 3.09. The number of aliphatic hydroxyl groups excluding tert-OH is 1. The largest absolute Gasteiger partial charge is 0.394 e. The fourth-order valence-electron chi connectivity index (χ4n) is 2.51. The number of thioether (sulfide) groups is 1. The first-order chi connectivity index (χ1) is 12.1. The number of hydrogen-bond acceptors (Lipinski definition) is 4. The second-order valence-electron chi connectivity index (χ2n) is 5.79. The van der Waals surface area contributed by atoms with Gasteiger partial charge in [-0.15, -0.1) is 11.8 Å². The van der Waals surface area contributed by atoms with Crippen LogP contribution < -0.4 is 5.32 Å². The molecule has 0 aliphatic carbocycles. The predicted molar refractivity (Wildman–Crippen MR) is 101 cm³/mol. The number of Topliss-reactive ketones (excluding diaryl/α,β-unsaturated/α-hetero) is 1. The molecule has 0 aliphatic heterocycles. The summed E-state index contributed by atoms with van der Waals surface area (Å²) in [4.78, 5) is 25.3. The molecule has 1 amide bonds. The molecule has 2 aromatic rings. The van der Waals surface area contributed by atoms with Crippen LogP contribution in [0.25, 0.3) is 0 Å². The van der Waals surface area contributed by atoms with Crippen molar-refractivity contribution in [3.05, 3.63) is 65.7 Å². The molecular weight excluding hydrogens is 334 g/mol. The van der Waals surface area contributed by atoms with E-state index in [1.54, 1.807) is 23.9 Å². The van der Waals surface area contributed by atoms with Crippen LogP contribution in [0.5, 0.6) is 0 Å². The molecule has 25 heavy (non-hydrogen) atoms. The standard InChI is InChI=1S/C20H23NO3S/c1-25-18-9-7-16(8-10-18)19(23)11-12-20(24)21-17(14-22)13-15-5-3-2-4-6-15/h2-10,17,22H,11-14H2,1H3,(H,21,24)/t17-/m0/s1. The molecule has 0 aliphatic rings. The Bertz CT molecular complexity index is 686. The second kappa shape index (κ2) is 10.0. The average Bonchev–Trinajstić information content (AvgIpc) is 2.66. The van der Waals surface area contributed by atoms with Gasteiger partial charge in [0, 0.05) is 23.3 Å². The van der Waals surface area contributed by atoms with Gasteiger partial charge >= 0.3 is 0 Å². The van der Waals surface area contributed by atoms with Crippen LogP contribution in [0.1, 0.15) is 28.8 Å². The summed E-state index contributed by atoms with van der Waals surface area (Å²) in [6.45, 7) is -0.134. The lowest BCUT2D eigenvalue weighted by Crippen LogP contribution is -2.39. The van der Waals surface area contributed by atoms with E-state index in [4.69, 9.17) is 0 Å². The Labute approximate surface area is 152 Å². The molecule has 0 aromatic heterocycles. The van der Waals surface area contributed by atoms with Gasteiger partial charge in [0.2, 0.25) is 5.91 Å². The number of hydrogen-bond donors (Lipinski definition) is 2. The molecule has 0 saturated carbocycles. The first-order valence-corrected chi connectivity index (χ1v) is 9.46. The first-order valence-electron chi connectivity index (χ1n) is 8.23. The summed E-state index contributed by atoms with van der Waals surface area (Å²) in [5, 5.41) is 12.3. The van der Waals surface area contributed by atoms with E-state index in [1.807, 2.05) is 48.7 Å². The summed E-state index contributed by atoms with van der Waals surface area (Å²) in [7, 11) is 0. The van der Waals surface area contributed by atoms with Gasteiger partial charge < -0.3 is 10.4 Å². The monoisotopic (exact) mass is 357 g/mol. The van der Waals surface area contributed by atoms with Gasteiger partial charge in [0.25, 0.3) is 0 Å². The van der Waals surface area contributed by atoms with Crippen molar-refractivity contribution in [2.24, 2.45) is 0 Å². The van der Waals surface area contributed by atoms with Crippen LogP contribution in [0.15, 0.2) is 59.5 Å². The van der Waals surface area contributed by atoms with Crippen molar-refractivity contribution >= 4 is 23.5 Å². The summed E-state index contributed by atoms with van der Waals surface area (Å²) in [6, 6.07) is 16.7. The zero-order valence-electron chi connectivity index (χ0n) is 14.3. The number of carbonyl (C=O) groups excluding carboxylic acids is 2. The van der Waals surface area contributed by atoms with Crippen molar-refractivity contribution in [1.29, 1.82) is 0 Å².